The molecule has 0 radical (unpaired) electrons. The second kappa shape index (κ2) is 4.99. The van der Waals surface area contributed by atoms with Gasteiger partial charge in [-0.25, -0.2) is 0 Å². The number of nitrogens with one attached hydrogen (secondary N) is 1. The molecule has 1 atom stereocenters. The largest absolute Gasteiger partial charge is 0.313 e. The predicted octanol–water partition coefficient (Wildman–Crippen LogP) is 3.98. The van der Waals surface area contributed by atoms with Crippen LogP contribution in [0.4, 0.5) is 0 Å². The Kier molecular flexibility index (Phi) is 3.39. The fourth-order valence-electron chi connectivity index (χ4n) is 2.69. The van der Waals surface area contributed by atoms with Gasteiger partial charge in [0.1, 0.15) is 0 Å². The van der Waals surface area contributed by atoms with E-state index in [9.17, 15) is 0 Å². The van der Waals surface area contributed by atoms with Crippen LogP contribution in [-0.2, 0) is 0 Å². The molecule has 1 aromatic rings. The van der Waals surface area contributed by atoms with Gasteiger partial charge < -0.3 is 5.32 Å². The number of rotatable bonds is 5. The van der Waals surface area contributed by atoms with E-state index in [-0.39, 0.29) is 0 Å². The van der Waals surface area contributed by atoms with E-state index in [1.807, 2.05) is 12.1 Å². The maximum Gasteiger partial charge on any atom is 0.0406 e. The van der Waals surface area contributed by atoms with Crippen molar-refractivity contribution in [2.75, 3.05) is 6.54 Å². The van der Waals surface area contributed by atoms with Crippen LogP contribution in [0.25, 0.3) is 0 Å². The second-order valence-corrected chi connectivity index (χ2v) is 5.97. The van der Waals surface area contributed by atoms with Gasteiger partial charge in [-0.1, -0.05) is 30.2 Å². The van der Waals surface area contributed by atoms with E-state index in [2.05, 4.69) is 17.4 Å². The Hall–Kier alpha value is -0.530. The van der Waals surface area contributed by atoms with E-state index in [1.54, 1.807) is 0 Å². The summed E-state index contributed by atoms with van der Waals surface area (Å²) < 4.78 is 0. The average Bonchev–Trinajstić information content (AvgIpc) is 3.06. The maximum atomic E-state index is 5.97. The Labute approximate surface area is 109 Å². The van der Waals surface area contributed by atoms with Crippen LogP contribution in [-0.4, -0.2) is 12.6 Å². The normalized spacial score (nSPS) is 22.2. The van der Waals surface area contributed by atoms with Crippen molar-refractivity contribution in [2.24, 2.45) is 5.92 Å². The lowest BCUT2D eigenvalue weighted by Crippen LogP contribution is -2.31. The molecule has 0 spiro atoms. The number of benzene rings is 1. The van der Waals surface area contributed by atoms with Gasteiger partial charge in [-0.05, 0) is 55.2 Å². The van der Waals surface area contributed by atoms with Gasteiger partial charge in [0.25, 0.3) is 0 Å². The minimum Gasteiger partial charge on any atom is -0.313 e. The third-order valence-corrected chi connectivity index (χ3v) is 4.47. The van der Waals surface area contributed by atoms with E-state index < -0.39 is 0 Å². The lowest BCUT2D eigenvalue weighted by molar-refractivity contribution is 0.254. The van der Waals surface area contributed by atoms with Gasteiger partial charge in [0.2, 0.25) is 0 Å². The van der Waals surface area contributed by atoms with E-state index in [0.717, 1.165) is 23.5 Å². The summed E-state index contributed by atoms with van der Waals surface area (Å²) in [6.07, 6.45) is 6.97. The summed E-state index contributed by atoms with van der Waals surface area (Å²) in [6, 6.07) is 9.28. The topological polar surface area (TPSA) is 12.0 Å². The smallest absolute Gasteiger partial charge is 0.0406 e. The molecule has 0 heterocycles. The van der Waals surface area contributed by atoms with Crippen molar-refractivity contribution in [2.45, 2.75) is 44.1 Å². The highest BCUT2D eigenvalue weighted by atomic mass is 35.5. The molecule has 3 rings (SSSR count). The molecule has 1 unspecified atom stereocenters. The Morgan fingerprint density at radius 2 is 1.82 bits per heavy atom. The first-order valence-electron chi connectivity index (χ1n) is 6.82. The summed E-state index contributed by atoms with van der Waals surface area (Å²) in [5.74, 6) is 1.59. The van der Waals surface area contributed by atoms with E-state index in [0.29, 0.717) is 5.92 Å². The first kappa shape index (κ1) is 11.6. The highest BCUT2D eigenvalue weighted by molar-refractivity contribution is 6.30. The van der Waals surface area contributed by atoms with Crippen molar-refractivity contribution in [3.05, 3.63) is 34.9 Å². The summed E-state index contributed by atoms with van der Waals surface area (Å²) >= 11 is 5.97. The van der Waals surface area contributed by atoms with Crippen molar-refractivity contribution in [3.63, 3.8) is 0 Å². The third-order valence-electron chi connectivity index (χ3n) is 4.22. The van der Waals surface area contributed by atoms with Crippen LogP contribution >= 0.6 is 11.6 Å². The van der Waals surface area contributed by atoms with E-state index in [1.165, 1.54) is 37.7 Å². The molecule has 0 aliphatic heterocycles. The van der Waals surface area contributed by atoms with Crippen LogP contribution in [0.5, 0.6) is 0 Å². The standard InChI is InChI=1S/C15H20ClN/c16-13-6-4-12(5-7-13)15(11-2-1-3-11)10-17-14-8-9-14/h4-7,11,14-15,17H,1-3,8-10H2. The number of hydrogen-bond donors (Lipinski definition) is 1. The quantitative estimate of drug-likeness (QED) is 0.833. The van der Waals surface area contributed by atoms with Gasteiger partial charge in [0, 0.05) is 17.6 Å². The molecule has 92 valence electrons. The van der Waals surface area contributed by atoms with Crippen molar-refractivity contribution in [1.29, 1.82) is 0 Å². The second-order valence-electron chi connectivity index (χ2n) is 5.53. The third kappa shape index (κ3) is 2.83. The summed E-state index contributed by atoms with van der Waals surface area (Å²) in [6.45, 7) is 1.15. The first-order chi connectivity index (χ1) is 8.33. The minimum absolute atomic E-state index is 0.696. The monoisotopic (exact) mass is 249 g/mol. The van der Waals surface area contributed by atoms with Crippen molar-refractivity contribution in [1.82, 2.24) is 5.32 Å². The minimum atomic E-state index is 0.696. The van der Waals surface area contributed by atoms with Gasteiger partial charge >= 0.3 is 0 Å². The van der Waals surface area contributed by atoms with Crippen LogP contribution in [0.2, 0.25) is 5.02 Å². The van der Waals surface area contributed by atoms with Gasteiger partial charge in [-0.3, -0.25) is 0 Å². The predicted molar refractivity (Wildman–Crippen MR) is 72.6 cm³/mol. The molecule has 17 heavy (non-hydrogen) atoms. The Morgan fingerprint density at radius 1 is 1.12 bits per heavy atom. The molecule has 2 aliphatic rings. The van der Waals surface area contributed by atoms with Crippen LogP contribution in [0.1, 0.15) is 43.6 Å². The molecule has 0 saturated heterocycles. The lowest BCUT2D eigenvalue weighted by atomic mass is 9.73. The van der Waals surface area contributed by atoms with Crippen molar-refractivity contribution < 1.29 is 0 Å². The van der Waals surface area contributed by atoms with Gasteiger partial charge in [-0.2, -0.15) is 0 Å². The summed E-state index contributed by atoms with van der Waals surface area (Å²) in [5, 5.41) is 4.53. The molecule has 0 amide bonds. The van der Waals surface area contributed by atoms with Crippen molar-refractivity contribution >= 4 is 11.6 Å². The summed E-state index contributed by atoms with van der Waals surface area (Å²) in [7, 11) is 0. The maximum absolute atomic E-state index is 5.97. The Bertz CT molecular complexity index is 365. The average molecular weight is 250 g/mol. The van der Waals surface area contributed by atoms with Crippen LogP contribution < -0.4 is 5.32 Å². The highest BCUT2D eigenvalue weighted by Gasteiger charge is 2.30. The molecule has 2 heteroatoms. The number of halogens is 1. The van der Waals surface area contributed by atoms with E-state index >= 15 is 0 Å². The lowest BCUT2D eigenvalue weighted by Gasteiger charge is -2.34. The summed E-state index contributed by atoms with van der Waals surface area (Å²) in [5.41, 5.74) is 1.47. The van der Waals surface area contributed by atoms with Gasteiger partial charge in [0.15, 0.2) is 0 Å². The molecular formula is C15H20ClN. The first-order valence-corrected chi connectivity index (χ1v) is 7.19. The summed E-state index contributed by atoms with van der Waals surface area (Å²) in [4.78, 5) is 0. The fourth-order valence-corrected chi connectivity index (χ4v) is 2.82. The van der Waals surface area contributed by atoms with Crippen LogP contribution in [0, 0.1) is 5.92 Å². The SMILES string of the molecule is Clc1ccc(C(CNC2CC2)C2CCC2)cc1. The molecule has 0 aromatic heterocycles. The van der Waals surface area contributed by atoms with Gasteiger partial charge in [-0.15, -0.1) is 0 Å². The molecule has 1 N–H and O–H groups in total. The zero-order chi connectivity index (χ0) is 11.7. The van der Waals surface area contributed by atoms with Crippen LogP contribution in [0.3, 0.4) is 0 Å². The Balaban J connectivity index is 1.69. The Morgan fingerprint density at radius 3 is 2.35 bits per heavy atom. The molecular weight excluding hydrogens is 230 g/mol. The number of hydrogen-bond acceptors (Lipinski definition) is 1. The molecule has 1 nitrogen and oxygen atoms in total. The zero-order valence-corrected chi connectivity index (χ0v) is 10.9. The fraction of sp³-hybridized carbons (Fsp3) is 0.600. The molecule has 2 fully saturated rings. The molecule has 1 aromatic carbocycles. The van der Waals surface area contributed by atoms with Crippen LogP contribution in [0.15, 0.2) is 24.3 Å². The zero-order valence-electron chi connectivity index (χ0n) is 10.2. The molecule has 0 bridgehead atoms. The molecule has 2 aliphatic carbocycles. The van der Waals surface area contributed by atoms with Crippen molar-refractivity contribution in [3.8, 4) is 0 Å². The van der Waals surface area contributed by atoms with E-state index in [4.69, 9.17) is 11.6 Å². The molecule has 2 saturated carbocycles. The van der Waals surface area contributed by atoms with Gasteiger partial charge in [0.05, 0.1) is 0 Å². The highest BCUT2D eigenvalue weighted by Crippen LogP contribution is 2.39.